The highest BCUT2D eigenvalue weighted by molar-refractivity contribution is 4.76. The fourth-order valence-corrected chi connectivity index (χ4v) is 2.66. The minimum absolute atomic E-state index is 0.585. The maximum atomic E-state index is 2.46. The van der Waals surface area contributed by atoms with E-state index in [1.165, 1.54) is 57.8 Å². The van der Waals surface area contributed by atoms with Gasteiger partial charge in [0.05, 0.1) is 0 Å². The molecule has 1 aliphatic carbocycles. The highest BCUT2D eigenvalue weighted by atomic mass is 14.3. The summed E-state index contributed by atoms with van der Waals surface area (Å²) in [6, 6.07) is 0. The molecule has 0 amide bonds. The zero-order valence-corrected chi connectivity index (χ0v) is 11.4. The van der Waals surface area contributed by atoms with Gasteiger partial charge in [0.25, 0.3) is 0 Å². The van der Waals surface area contributed by atoms with Gasteiger partial charge in [-0.1, -0.05) is 59.8 Å². The SMILES string of the molecule is CC1(C)CCCCCCCC(C)(C)CC1. The average Bonchev–Trinajstić information content (AvgIpc) is 2.15. The van der Waals surface area contributed by atoms with E-state index in [0.29, 0.717) is 10.8 Å². The van der Waals surface area contributed by atoms with Gasteiger partial charge in [0.15, 0.2) is 0 Å². The second-order valence-electron chi connectivity index (χ2n) is 7.10. The zero-order chi connectivity index (χ0) is 11.4. The van der Waals surface area contributed by atoms with Crippen LogP contribution in [0.15, 0.2) is 0 Å². The predicted molar refractivity (Wildman–Crippen MR) is 69.1 cm³/mol. The number of hydrogen-bond acceptors (Lipinski definition) is 0. The van der Waals surface area contributed by atoms with Crippen molar-refractivity contribution in [2.24, 2.45) is 10.8 Å². The lowest BCUT2D eigenvalue weighted by atomic mass is 9.75. The van der Waals surface area contributed by atoms with Crippen molar-refractivity contribution in [3.63, 3.8) is 0 Å². The van der Waals surface area contributed by atoms with Gasteiger partial charge in [0.1, 0.15) is 0 Å². The Labute approximate surface area is 96.8 Å². The van der Waals surface area contributed by atoms with Crippen molar-refractivity contribution in [3.8, 4) is 0 Å². The molecule has 15 heavy (non-hydrogen) atoms. The molecule has 0 saturated heterocycles. The Hall–Kier alpha value is 0. The van der Waals surface area contributed by atoms with Crippen LogP contribution in [-0.2, 0) is 0 Å². The molecule has 0 spiro atoms. The van der Waals surface area contributed by atoms with Crippen LogP contribution in [0.3, 0.4) is 0 Å². The van der Waals surface area contributed by atoms with Gasteiger partial charge in [-0.25, -0.2) is 0 Å². The summed E-state index contributed by atoms with van der Waals surface area (Å²) in [5, 5.41) is 0. The van der Waals surface area contributed by atoms with Crippen molar-refractivity contribution in [1.29, 1.82) is 0 Å². The van der Waals surface area contributed by atoms with Crippen LogP contribution in [-0.4, -0.2) is 0 Å². The van der Waals surface area contributed by atoms with E-state index in [0.717, 1.165) is 0 Å². The molecule has 1 fully saturated rings. The minimum Gasteiger partial charge on any atom is -0.0599 e. The minimum atomic E-state index is 0.585. The van der Waals surface area contributed by atoms with Gasteiger partial charge >= 0.3 is 0 Å². The van der Waals surface area contributed by atoms with E-state index in [1.54, 1.807) is 0 Å². The summed E-state index contributed by atoms with van der Waals surface area (Å²) >= 11 is 0. The predicted octanol–water partition coefficient (Wildman–Crippen LogP) is 5.56. The van der Waals surface area contributed by atoms with Gasteiger partial charge in [0.2, 0.25) is 0 Å². The monoisotopic (exact) mass is 210 g/mol. The molecule has 0 nitrogen and oxygen atoms in total. The Morgan fingerprint density at radius 1 is 0.467 bits per heavy atom. The Kier molecular flexibility index (Phi) is 4.67. The topological polar surface area (TPSA) is 0 Å². The largest absolute Gasteiger partial charge is 0.0599 e. The van der Waals surface area contributed by atoms with E-state index >= 15 is 0 Å². The van der Waals surface area contributed by atoms with Crippen LogP contribution in [0.2, 0.25) is 0 Å². The van der Waals surface area contributed by atoms with E-state index in [2.05, 4.69) is 27.7 Å². The summed E-state index contributed by atoms with van der Waals surface area (Å²) in [6.07, 6.45) is 13.0. The molecular weight excluding hydrogens is 180 g/mol. The van der Waals surface area contributed by atoms with Crippen LogP contribution < -0.4 is 0 Å². The van der Waals surface area contributed by atoms with Crippen LogP contribution >= 0.6 is 0 Å². The summed E-state index contributed by atoms with van der Waals surface area (Å²) in [5.74, 6) is 0. The van der Waals surface area contributed by atoms with Crippen LogP contribution in [0.4, 0.5) is 0 Å². The van der Waals surface area contributed by atoms with Gasteiger partial charge in [-0.05, 0) is 36.5 Å². The average molecular weight is 210 g/mol. The smallest absolute Gasteiger partial charge is 0.0354 e. The molecule has 0 aromatic heterocycles. The third-order valence-electron chi connectivity index (χ3n) is 4.19. The molecule has 0 aromatic rings. The molecule has 1 saturated carbocycles. The van der Waals surface area contributed by atoms with Gasteiger partial charge in [-0.3, -0.25) is 0 Å². The highest BCUT2D eigenvalue weighted by Gasteiger charge is 2.24. The summed E-state index contributed by atoms with van der Waals surface area (Å²) in [7, 11) is 0. The zero-order valence-electron chi connectivity index (χ0n) is 11.4. The second kappa shape index (κ2) is 5.37. The van der Waals surface area contributed by atoms with E-state index in [4.69, 9.17) is 0 Å². The molecule has 0 aliphatic heterocycles. The van der Waals surface area contributed by atoms with Crippen molar-refractivity contribution < 1.29 is 0 Å². The first-order valence-electron chi connectivity index (χ1n) is 6.91. The van der Waals surface area contributed by atoms with E-state index in [1.807, 2.05) is 0 Å². The molecule has 0 bridgehead atoms. The van der Waals surface area contributed by atoms with E-state index in [-0.39, 0.29) is 0 Å². The standard InChI is InChI=1S/C15H30/c1-14(2)10-8-6-5-7-9-11-15(3,4)13-12-14/h5-13H2,1-4H3. The summed E-state index contributed by atoms with van der Waals surface area (Å²) in [6.45, 7) is 9.84. The maximum absolute atomic E-state index is 2.46. The fourth-order valence-electron chi connectivity index (χ4n) is 2.66. The number of rotatable bonds is 0. The Bertz CT molecular complexity index is 156. The van der Waals surface area contributed by atoms with Gasteiger partial charge in [-0.2, -0.15) is 0 Å². The maximum Gasteiger partial charge on any atom is -0.0354 e. The Morgan fingerprint density at radius 2 is 0.800 bits per heavy atom. The molecule has 90 valence electrons. The molecule has 0 heterocycles. The lowest BCUT2D eigenvalue weighted by molar-refractivity contribution is 0.214. The molecule has 1 aliphatic rings. The molecule has 1 rings (SSSR count). The second-order valence-corrected chi connectivity index (χ2v) is 7.10. The summed E-state index contributed by atoms with van der Waals surface area (Å²) in [5.41, 5.74) is 1.17. The van der Waals surface area contributed by atoms with Crippen molar-refractivity contribution in [2.45, 2.75) is 85.5 Å². The molecule has 0 unspecified atom stereocenters. The number of hydrogen-bond donors (Lipinski definition) is 0. The van der Waals surface area contributed by atoms with Gasteiger partial charge < -0.3 is 0 Å². The third kappa shape index (κ3) is 5.58. The molecule has 0 aromatic carbocycles. The molecule has 0 N–H and O–H groups in total. The first-order chi connectivity index (χ1) is 6.91. The highest BCUT2D eigenvalue weighted by Crippen LogP contribution is 2.38. The first kappa shape index (κ1) is 13.1. The quantitative estimate of drug-likeness (QED) is 0.491. The van der Waals surface area contributed by atoms with Crippen LogP contribution in [0, 0.1) is 10.8 Å². The Balaban J connectivity index is 2.50. The molecule has 0 atom stereocenters. The van der Waals surface area contributed by atoms with Crippen molar-refractivity contribution in [2.75, 3.05) is 0 Å². The lowest BCUT2D eigenvalue weighted by Crippen LogP contribution is -2.18. The van der Waals surface area contributed by atoms with Gasteiger partial charge in [-0.15, -0.1) is 0 Å². The van der Waals surface area contributed by atoms with E-state index in [9.17, 15) is 0 Å². The summed E-state index contributed by atoms with van der Waals surface area (Å²) < 4.78 is 0. The Morgan fingerprint density at radius 3 is 1.20 bits per heavy atom. The molecule has 0 radical (unpaired) electrons. The van der Waals surface area contributed by atoms with Gasteiger partial charge in [0, 0.05) is 0 Å². The lowest BCUT2D eigenvalue weighted by Gasteiger charge is -2.31. The molecular formula is C15H30. The van der Waals surface area contributed by atoms with E-state index < -0.39 is 0 Å². The van der Waals surface area contributed by atoms with Crippen molar-refractivity contribution >= 4 is 0 Å². The van der Waals surface area contributed by atoms with Crippen molar-refractivity contribution in [1.82, 2.24) is 0 Å². The van der Waals surface area contributed by atoms with Crippen molar-refractivity contribution in [3.05, 3.63) is 0 Å². The summed E-state index contributed by atoms with van der Waals surface area (Å²) in [4.78, 5) is 0. The fraction of sp³-hybridized carbons (Fsp3) is 1.00. The third-order valence-corrected chi connectivity index (χ3v) is 4.19. The van der Waals surface area contributed by atoms with Crippen LogP contribution in [0.5, 0.6) is 0 Å². The molecule has 0 heteroatoms. The normalized spacial score (nSPS) is 28.0. The van der Waals surface area contributed by atoms with Crippen LogP contribution in [0.1, 0.15) is 85.5 Å². The van der Waals surface area contributed by atoms with Crippen LogP contribution in [0.25, 0.3) is 0 Å². The first-order valence-corrected chi connectivity index (χ1v) is 6.91.